The van der Waals surface area contributed by atoms with Gasteiger partial charge < -0.3 is 0 Å². The zero-order chi connectivity index (χ0) is 13.3. The normalized spacial score (nSPS) is 11.0. The van der Waals surface area contributed by atoms with Gasteiger partial charge in [-0.25, -0.2) is 8.78 Å². The summed E-state index contributed by atoms with van der Waals surface area (Å²) in [7, 11) is 0. The highest BCUT2D eigenvalue weighted by molar-refractivity contribution is 6.44. The molecule has 0 amide bonds. The molecule has 0 spiro atoms. The number of benzene rings is 2. The molecule has 2 aromatic rings. The summed E-state index contributed by atoms with van der Waals surface area (Å²) in [4.78, 5) is 0. The van der Waals surface area contributed by atoms with E-state index in [2.05, 4.69) is 0 Å². The van der Waals surface area contributed by atoms with Crippen molar-refractivity contribution in [1.82, 2.24) is 0 Å². The summed E-state index contributed by atoms with van der Waals surface area (Å²) in [6.07, 6.45) is -2.63. The van der Waals surface area contributed by atoms with Gasteiger partial charge in [0.05, 0.1) is 10.0 Å². The third-order valence-corrected chi connectivity index (χ3v) is 3.64. The Morgan fingerprint density at radius 1 is 0.833 bits per heavy atom. The minimum absolute atomic E-state index is 0.160. The SMILES string of the molecule is FC(F)c1cccc(Cl)c1-c1cccc(Cl)c1Cl. The van der Waals surface area contributed by atoms with E-state index in [9.17, 15) is 8.78 Å². The maximum Gasteiger partial charge on any atom is 0.264 e. The first-order chi connectivity index (χ1) is 8.52. The highest BCUT2D eigenvalue weighted by atomic mass is 35.5. The standard InChI is InChI=1S/C13H7Cl3F2/c14-9-5-2-4-8(13(17)18)11(9)7-3-1-6-10(15)12(7)16/h1-6,13H. The summed E-state index contributed by atoms with van der Waals surface area (Å²) in [5.41, 5.74) is 0.471. The first kappa shape index (κ1) is 13.6. The predicted octanol–water partition coefficient (Wildman–Crippen LogP) is 6.25. The van der Waals surface area contributed by atoms with Gasteiger partial charge in [0.2, 0.25) is 0 Å². The summed E-state index contributed by atoms with van der Waals surface area (Å²) < 4.78 is 26.0. The Bertz CT molecular complexity index is 582. The first-order valence-corrected chi connectivity index (χ1v) is 6.16. The van der Waals surface area contributed by atoms with Crippen molar-refractivity contribution in [2.45, 2.75) is 6.43 Å². The lowest BCUT2D eigenvalue weighted by Crippen LogP contribution is -1.92. The second-order valence-corrected chi connectivity index (χ2v) is 4.80. The Morgan fingerprint density at radius 2 is 1.44 bits per heavy atom. The molecule has 0 heterocycles. The maximum absolute atomic E-state index is 13.0. The van der Waals surface area contributed by atoms with Gasteiger partial charge in [-0.1, -0.05) is 59.1 Å². The van der Waals surface area contributed by atoms with Gasteiger partial charge in [0.25, 0.3) is 6.43 Å². The fourth-order valence-electron chi connectivity index (χ4n) is 1.70. The molecule has 0 unspecified atom stereocenters. The molecule has 0 atom stereocenters. The summed E-state index contributed by atoms with van der Waals surface area (Å²) in [6, 6.07) is 9.19. The molecule has 18 heavy (non-hydrogen) atoms. The summed E-state index contributed by atoms with van der Waals surface area (Å²) in [6.45, 7) is 0. The average Bonchev–Trinajstić information content (AvgIpc) is 2.33. The van der Waals surface area contributed by atoms with Gasteiger partial charge in [0.15, 0.2) is 0 Å². The van der Waals surface area contributed by atoms with E-state index in [0.29, 0.717) is 10.6 Å². The van der Waals surface area contributed by atoms with Crippen molar-refractivity contribution in [3.63, 3.8) is 0 Å². The molecule has 0 saturated carbocycles. The average molecular weight is 308 g/mol. The molecule has 0 radical (unpaired) electrons. The van der Waals surface area contributed by atoms with Crippen LogP contribution >= 0.6 is 34.8 Å². The van der Waals surface area contributed by atoms with E-state index in [0.717, 1.165) is 0 Å². The van der Waals surface area contributed by atoms with Crippen molar-refractivity contribution in [1.29, 1.82) is 0 Å². The Morgan fingerprint density at radius 3 is 2.11 bits per heavy atom. The van der Waals surface area contributed by atoms with Crippen LogP contribution in [0.3, 0.4) is 0 Å². The minimum atomic E-state index is -2.63. The van der Waals surface area contributed by atoms with E-state index in [1.807, 2.05) is 0 Å². The Kier molecular flexibility index (Phi) is 4.10. The second kappa shape index (κ2) is 5.43. The number of halogens is 5. The van der Waals surface area contributed by atoms with Crippen molar-refractivity contribution in [2.24, 2.45) is 0 Å². The summed E-state index contributed by atoms with van der Waals surface area (Å²) in [5.74, 6) is 0. The molecule has 0 N–H and O–H groups in total. The van der Waals surface area contributed by atoms with Gasteiger partial charge >= 0.3 is 0 Å². The number of hydrogen-bond acceptors (Lipinski definition) is 0. The number of hydrogen-bond donors (Lipinski definition) is 0. The molecule has 0 aliphatic rings. The summed E-state index contributed by atoms with van der Waals surface area (Å²) in [5, 5.41) is 0.737. The lowest BCUT2D eigenvalue weighted by molar-refractivity contribution is 0.152. The number of rotatable bonds is 2. The minimum Gasteiger partial charge on any atom is -0.205 e. The third kappa shape index (κ3) is 2.46. The van der Waals surface area contributed by atoms with E-state index < -0.39 is 6.43 Å². The van der Waals surface area contributed by atoms with E-state index in [1.165, 1.54) is 12.1 Å². The van der Waals surface area contributed by atoms with Gasteiger partial charge in [-0.15, -0.1) is 0 Å². The second-order valence-electron chi connectivity index (χ2n) is 3.61. The molecule has 5 heteroatoms. The summed E-state index contributed by atoms with van der Waals surface area (Å²) >= 11 is 17.9. The molecule has 0 saturated heterocycles. The van der Waals surface area contributed by atoms with Gasteiger partial charge in [0, 0.05) is 21.7 Å². The van der Waals surface area contributed by atoms with Crippen molar-refractivity contribution < 1.29 is 8.78 Å². The molecule has 94 valence electrons. The van der Waals surface area contributed by atoms with Crippen LogP contribution in [0.1, 0.15) is 12.0 Å². The fourth-order valence-corrected chi connectivity index (χ4v) is 2.38. The van der Waals surface area contributed by atoms with Crippen LogP contribution in [-0.2, 0) is 0 Å². The smallest absolute Gasteiger partial charge is 0.205 e. The predicted molar refractivity (Wildman–Crippen MR) is 71.9 cm³/mol. The quantitative estimate of drug-likeness (QED) is 0.615. The topological polar surface area (TPSA) is 0 Å². The molecule has 2 aromatic carbocycles. The molecule has 0 aromatic heterocycles. The molecule has 0 fully saturated rings. The largest absolute Gasteiger partial charge is 0.264 e. The highest BCUT2D eigenvalue weighted by Gasteiger charge is 2.19. The lowest BCUT2D eigenvalue weighted by atomic mass is 10.00. The van der Waals surface area contributed by atoms with Crippen molar-refractivity contribution in [3.8, 4) is 11.1 Å². The van der Waals surface area contributed by atoms with Crippen LogP contribution in [0.25, 0.3) is 11.1 Å². The Labute approximate surface area is 118 Å². The van der Waals surface area contributed by atoms with Crippen LogP contribution in [0.2, 0.25) is 15.1 Å². The van der Waals surface area contributed by atoms with E-state index in [-0.39, 0.29) is 21.2 Å². The van der Waals surface area contributed by atoms with E-state index >= 15 is 0 Å². The van der Waals surface area contributed by atoms with Crippen LogP contribution in [0.5, 0.6) is 0 Å². The molecular formula is C13H7Cl3F2. The van der Waals surface area contributed by atoms with Crippen LogP contribution in [0, 0.1) is 0 Å². The Balaban J connectivity index is 2.74. The van der Waals surface area contributed by atoms with Crippen molar-refractivity contribution in [3.05, 3.63) is 57.0 Å². The molecule has 0 aliphatic carbocycles. The molecule has 0 aliphatic heterocycles. The van der Waals surface area contributed by atoms with Crippen LogP contribution < -0.4 is 0 Å². The van der Waals surface area contributed by atoms with E-state index in [1.54, 1.807) is 24.3 Å². The Hall–Kier alpha value is -0.830. The maximum atomic E-state index is 13.0. The van der Waals surface area contributed by atoms with Gasteiger partial charge in [-0.3, -0.25) is 0 Å². The van der Waals surface area contributed by atoms with Crippen LogP contribution in [0.15, 0.2) is 36.4 Å². The molecular weight excluding hydrogens is 300 g/mol. The molecule has 2 rings (SSSR count). The lowest BCUT2D eigenvalue weighted by Gasteiger charge is -2.13. The zero-order valence-corrected chi connectivity index (χ0v) is 11.2. The fraction of sp³-hybridized carbons (Fsp3) is 0.0769. The third-order valence-electron chi connectivity index (χ3n) is 2.50. The van der Waals surface area contributed by atoms with Crippen molar-refractivity contribution >= 4 is 34.8 Å². The molecule has 0 nitrogen and oxygen atoms in total. The zero-order valence-electron chi connectivity index (χ0n) is 8.93. The van der Waals surface area contributed by atoms with Crippen LogP contribution in [-0.4, -0.2) is 0 Å². The highest BCUT2D eigenvalue weighted by Crippen LogP contribution is 2.41. The monoisotopic (exact) mass is 306 g/mol. The van der Waals surface area contributed by atoms with Gasteiger partial charge in [-0.05, 0) is 12.1 Å². The van der Waals surface area contributed by atoms with Gasteiger partial charge in [0.1, 0.15) is 0 Å². The van der Waals surface area contributed by atoms with Crippen LogP contribution in [0.4, 0.5) is 8.78 Å². The first-order valence-electron chi connectivity index (χ1n) is 5.03. The number of alkyl halides is 2. The van der Waals surface area contributed by atoms with Gasteiger partial charge in [-0.2, -0.15) is 0 Å². The van der Waals surface area contributed by atoms with Crippen molar-refractivity contribution in [2.75, 3.05) is 0 Å². The molecule has 0 bridgehead atoms. The van der Waals surface area contributed by atoms with E-state index in [4.69, 9.17) is 34.8 Å².